The third-order valence-electron chi connectivity index (χ3n) is 3.38. The number of hydrogen-bond acceptors (Lipinski definition) is 4. The summed E-state index contributed by atoms with van der Waals surface area (Å²) in [4.78, 5) is 11.8. The molecule has 0 bridgehead atoms. The van der Waals surface area contributed by atoms with E-state index in [9.17, 15) is 26.4 Å². The number of halogens is 3. The summed E-state index contributed by atoms with van der Waals surface area (Å²) in [5.41, 5.74) is -0.0950. The Morgan fingerprint density at radius 2 is 1.72 bits per heavy atom. The molecular weight excluding hydrogens is 359 g/mol. The van der Waals surface area contributed by atoms with Crippen LogP contribution in [0.5, 0.6) is 0 Å². The van der Waals surface area contributed by atoms with Gasteiger partial charge in [-0.25, -0.2) is 18.4 Å². The molecular formula is C16H14F3NO4S. The summed E-state index contributed by atoms with van der Waals surface area (Å²) >= 11 is 0. The minimum Gasteiger partial charge on any atom is -0.457 e. The zero-order valence-corrected chi connectivity index (χ0v) is 13.8. The number of sulfonamides is 1. The van der Waals surface area contributed by atoms with E-state index in [0.29, 0.717) is 11.1 Å². The molecule has 0 fully saturated rings. The molecule has 9 heteroatoms. The van der Waals surface area contributed by atoms with E-state index < -0.39 is 27.7 Å². The number of carbonyl (C=O) groups is 1. The van der Waals surface area contributed by atoms with Crippen LogP contribution in [-0.2, 0) is 27.5 Å². The molecule has 0 atom stereocenters. The standard InChI is InChI=1S/C16H14F3NO4S/c1-10-2-5-12(8-14(10)25(20,22)23)15(21)24-9-11-3-6-13(7-4-11)16(17,18)19/h2-8H,9H2,1H3,(H2,20,22,23). The zero-order chi connectivity index (χ0) is 18.8. The second kappa shape index (κ2) is 6.85. The number of rotatable bonds is 4. The second-order valence-corrected chi connectivity index (χ2v) is 6.83. The number of aryl methyl sites for hydroxylation is 1. The molecule has 25 heavy (non-hydrogen) atoms. The van der Waals surface area contributed by atoms with E-state index in [0.717, 1.165) is 18.2 Å². The summed E-state index contributed by atoms with van der Waals surface area (Å²) in [5.74, 6) is -0.815. The Kier molecular flexibility index (Phi) is 5.19. The number of primary sulfonamides is 1. The Labute approximate surface area is 142 Å². The highest BCUT2D eigenvalue weighted by molar-refractivity contribution is 7.89. The van der Waals surface area contributed by atoms with Crippen LogP contribution >= 0.6 is 0 Å². The number of benzene rings is 2. The van der Waals surface area contributed by atoms with Crippen LogP contribution < -0.4 is 5.14 Å². The minimum absolute atomic E-state index is 0.0264. The Morgan fingerprint density at radius 1 is 1.12 bits per heavy atom. The molecule has 0 unspecified atom stereocenters. The predicted octanol–water partition coefficient (Wildman–Crippen LogP) is 3.02. The summed E-state index contributed by atoms with van der Waals surface area (Å²) in [6.45, 7) is 1.27. The number of ether oxygens (including phenoxy) is 1. The first-order valence-corrected chi connectivity index (χ1v) is 8.50. The first-order chi connectivity index (χ1) is 11.5. The molecule has 134 valence electrons. The fourth-order valence-electron chi connectivity index (χ4n) is 2.06. The van der Waals surface area contributed by atoms with Crippen LogP contribution in [-0.4, -0.2) is 14.4 Å². The molecule has 0 aliphatic heterocycles. The van der Waals surface area contributed by atoms with Crippen LogP contribution in [0.25, 0.3) is 0 Å². The van der Waals surface area contributed by atoms with E-state index in [1.54, 1.807) is 0 Å². The van der Waals surface area contributed by atoms with Crippen molar-refractivity contribution in [1.82, 2.24) is 0 Å². The van der Waals surface area contributed by atoms with E-state index in [4.69, 9.17) is 9.88 Å². The van der Waals surface area contributed by atoms with Gasteiger partial charge in [0.2, 0.25) is 10.0 Å². The number of alkyl halides is 3. The van der Waals surface area contributed by atoms with Crippen molar-refractivity contribution in [3.63, 3.8) is 0 Å². The van der Waals surface area contributed by atoms with Crippen molar-refractivity contribution >= 4 is 16.0 Å². The lowest BCUT2D eigenvalue weighted by Crippen LogP contribution is -2.15. The van der Waals surface area contributed by atoms with E-state index in [2.05, 4.69) is 0 Å². The molecule has 2 N–H and O–H groups in total. The number of esters is 1. The molecule has 0 spiro atoms. The lowest BCUT2D eigenvalue weighted by Gasteiger charge is -2.09. The van der Waals surface area contributed by atoms with Crippen LogP contribution in [0.4, 0.5) is 13.2 Å². The average Bonchev–Trinajstić information content (AvgIpc) is 2.51. The Bertz CT molecular complexity index is 891. The highest BCUT2D eigenvalue weighted by atomic mass is 32.2. The summed E-state index contributed by atoms with van der Waals surface area (Å²) < 4.78 is 65.3. The van der Waals surface area contributed by atoms with Gasteiger partial charge >= 0.3 is 12.1 Å². The maximum absolute atomic E-state index is 12.5. The normalized spacial score (nSPS) is 12.0. The molecule has 0 amide bonds. The molecule has 2 rings (SSSR count). The smallest absolute Gasteiger partial charge is 0.416 e. The molecule has 0 radical (unpaired) electrons. The fourth-order valence-corrected chi connectivity index (χ4v) is 2.86. The molecule has 0 saturated carbocycles. The molecule has 5 nitrogen and oxygen atoms in total. The lowest BCUT2D eigenvalue weighted by molar-refractivity contribution is -0.137. The van der Waals surface area contributed by atoms with Crippen molar-refractivity contribution in [2.24, 2.45) is 5.14 Å². The van der Waals surface area contributed by atoms with E-state index in [1.807, 2.05) is 0 Å². The highest BCUT2D eigenvalue weighted by Crippen LogP contribution is 2.29. The van der Waals surface area contributed by atoms with Crippen molar-refractivity contribution in [1.29, 1.82) is 0 Å². The average molecular weight is 373 g/mol. The van der Waals surface area contributed by atoms with Crippen LogP contribution in [0.2, 0.25) is 0 Å². The largest absolute Gasteiger partial charge is 0.457 e. The monoisotopic (exact) mass is 373 g/mol. The molecule has 0 heterocycles. The fraction of sp³-hybridized carbons (Fsp3) is 0.188. The van der Waals surface area contributed by atoms with Gasteiger partial charge in [0, 0.05) is 0 Å². The first-order valence-electron chi connectivity index (χ1n) is 6.95. The van der Waals surface area contributed by atoms with Gasteiger partial charge in [-0.2, -0.15) is 13.2 Å². The molecule has 0 aromatic heterocycles. The van der Waals surface area contributed by atoms with Crippen molar-refractivity contribution in [3.05, 3.63) is 64.7 Å². The summed E-state index contributed by atoms with van der Waals surface area (Å²) in [6, 6.07) is 8.04. The zero-order valence-electron chi connectivity index (χ0n) is 13.0. The topological polar surface area (TPSA) is 86.5 Å². The van der Waals surface area contributed by atoms with Gasteiger partial charge in [0.25, 0.3) is 0 Å². The molecule has 0 aliphatic rings. The van der Waals surface area contributed by atoms with Gasteiger partial charge in [0.15, 0.2) is 0 Å². The predicted molar refractivity (Wildman–Crippen MR) is 83.1 cm³/mol. The molecule has 2 aromatic carbocycles. The third kappa shape index (κ3) is 4.80. The summed E-state index contributed by atoms with van der Waals surface area (Å²) in [6.07, 6.45) is -4.44. The number of nitrogens with two attached hydrogens (primary N) is 1. The van der Waals surface area contributed by atoms with Crippen molar-refractivity contribution in [3.8, 4) is 0 Å². The second-order valence-electron chi connectivity index (χ2n) is 5.30. The maximum atomic E-state index is 12.5. The van der Waals surface area contributed by atoms with Crippen LogP contribution in [0.15, 0.2) is 47.4 Å². The molecule has 0 aliphatic carbocycles. The summed E-state index contributed by atoms with van der Waals surface area (Å²) in [7, 11) is -3.99. The van der Waals surface area contributed by atoms with Crippen molar-refractivity contribution in [2.45, 2.75) is 24.6 Å². The van der Waals surface area contributed by atoms with E-state index in [-0.39, 0.29) is 17.1 Å². The van der Waals surface area contributed by atoms with Gasteiger partial charge in [-0.1, -0.05) is 18.2 Å². The first kappa shape index (κ1) is 18.9. The van der Waals surface area contributed by atoms with E-state index in [1.165, 1.54) is 31.2 Å². The van der Waals surface area contributed by atoms with Gasteiger partial charge in [-0.3, -0.25) is 0 Å². The van der Waals surface area contributed by atoms with Crippen LogP contribution in [0.1, 0.15) is 27.0 Å². The maximum Gasteiger partial charge on any atom is 0.416 e. The number of hydrogen-bond donors (Lipinski definition) is 1. The van der Waals surface area contributed by atoms with Gasteiger partial charge in [-0.15, -0.1) is 0 Å². The van der Waals surface area contributed by atoms with Crippen molar-refractivity contribution < 1.29 is 31.1 Å². The third-order valence-corrected chi connectivity index (χ3v) is 4.43. The summed E-state index contributed by atoms with van der Waals surface area (Å²) in [5, 5.41) is 5.07. The SMILES string of the molecule is Cc1ccc(C(=O)OCc2ccc(C(F)(F)F)cc2)cc1S(N)(=O)=O. The minimum atomic E-state index is -4.44. The Morgan fingerprint density at radius 3 is 2.24 bits per heavy atom. The van der Waals surface area contributed by atoms with Gasteiger partial charge in [0.05, 0.1) is 16.0 Å². The van der Waals surface area contributed by atoms with Crippen LogP contribution in [0.3, 0.4) is 0 Å². The highest BCUT2D eigenvalue weighted by Gasteiger charge is 2.29. The van der Waals surface area contributed by atoms with Gasteiger partial charge in [-0.05, 0) is 42.3 Å². The van der Waals surface area contributed by atoms with E-state index >= 15 is 0 Å². The molecule has 0 saturated heterocycles. The van der Waals surface area contributed by atoms with Gasteiger partial charge < -0.3 is 4.74 Å². The Hall–Kier alpha value is -2.39. The van der Waals surface area contributed by atoms with Crippen LogP contribution in [0, 0.1) is 6.92 Å². The lowest BCUT2D eigenvalue weighted by atomic mass is 10.1. The van der Waals surface area contributed by atoms with Gasteiger partial charge in [0.1, 0.15) is 6.61 Å². The van der Waals surface area contributed by atoms with Crippen molar-refractivity contribution in [2.75, 3.05) is 0 Å². The quantitative estimate of drug-likeness (QED) is 0.835. The number of carbonyl (C=O) groups excluding carboxylic acids is 1. The molecule has 2 aromatic rings. The Balaban J connectivity index is 2.11.